The molecule has 0 heterocycles. The molecule has 0 amide bonds. The minimum Gasteiger partial charge on any atom is -0.462 e. The quantitative estimate of drug-likeness (QED) is 0.0263. The molecule has 61 heavy (non-hydrogen) atoms. The maximum atomic E-state index is 12.8. The van der Waals surface area contributed by atoms with Crippen LogP contribution in [0.25, 0.3) is 0 Å². The molecule has 0 saturated heterocycles. The number of carbonyl (C=O) groups is 3. The maximum absolute atomic E-state index is 12.8. The fourth-order valence-corrected chi connectivity index (χ4v) is 6.82. The summed E-state index contributed by atoms with van der Waals surface area (Å²) in [6, 6.07) is 0. The highest BCUT2D eigenvalue weighted by Gasteiger charge is 2.19. The van der Waals surface area contributed by atoms with E-state index in [0.29, 0.717) is 19.3 Å². The molecule has 0 spiro atoms. The zero-order valence-corrected chi connectivity index (χ0v) is 39.9. The lowest BCUT2D eigenvalue weighted by Crippen LogP contribution is -2.30. The van der Waals surface area contributed by atoms with Gasteiger partial charge in [0, 0.05) is 19.3 Å². The van der Waals surface area contributed by atoms with Gasteiger partial charge in [0.15, 0.2) is 6.10 Å². The van der Waals surface area contributed by atoms with Gasteiger partial charge in [-0.1, -0.05) is 190 Å². The molecule has 0 fully saturated rings. The van der Waals surface area contributed by atoms with Crippen molar-refractivity contribution >= 4 is 17.9 Å². The number of hydrogen-bond acceptors (Lipinski definition) is 6. The molecule has 0 N–H and O–H groups in total. The predicted molar refractivity (Wildman–Crippen MR) is 261 cm³/mol. The van der Waals surface area contributed by atoms with Crippen molar-refractivity contribution < 1.29 is 28.6 Å². The lowest BCUT2D eigenvalue weighted by atomic mass is 10.1. The molecule has 0 aliphatic heterocycles. The number of ether oxygens (including phenoxy) is 3. The summed E-state index contributed by atoms with van der Waals surface area (Å²) >= 11 is 0. The van der Waals surface area contributed by atoms with Crippen LogP contribution in [0.1, 0.15) is 239 Å². The molecule has 0 aromatic heterocycles. The SMILES string of the molecule is CC/C=C\C/C=C\C/C=C\C/C=C\CCCCCCC(=O)OCC(COC(=O)CCCCCCC/C=C\CCCC)OC(=O)CCCCCCC/C=C\CCCCCCCC. The van der Waals surface area contributed by atoms with Crippen molar-refractivity contribution in [3.05, 3.63) is 72.9 Å². The first-order chi connectivity index (χ1) is 30.0. The van der Waals surface area contributed by atoms with Gasteiger partial charge in [-0.05, 0) is 103 Å². The third kappa shape index (κ3) is 47.7. The Bertz CT molecular complexity index is 1160. The summed E-state index contributed by atoms with van der Waals surface area (Å²) in [5.74, 6) is -0.933. The zero-order chi connectivity index (χ0) is 44.4. The van der Waals surface area contributed by atoms with Crippen LogP contribution in [0.4, 0.5) is 0 Å². The van der Waals surface area contributed by atoms with Gasteiger partial charge >= 0.3 is 17.9 Å². The summed E-state index contributed by atoms with van der Waals surface area (Å²) in [5, 5.41) is 0. The van der Waals surface area contributed by atoms with E-state index in [1.165, 1.54) is 83.5 Å². The standard InChI is InChI=1S/C55H94O6/c1-4-7-10-13-16-19-22-24-26-27-29-30-33-36-39-42-45-48-54(57)60-51-52(50-59-53(56)47-44-41-38-35-32-21-18-15-12-9-6-3)61-55(58)49-46-43-40-37-34-31-28-25-23-20-17-14-11-8-5-2/h7,10,15-16,18-19,24-26,28-30,52H,4-6,8-9,11-14,17,20-23,27,31-51H2,1-3H3/b10-7-,18-15-,19-16-,26-24-,28-25-,30-29-. The van der Waals surface area contributed by atoms with Crippen LogP contribution in [0.5, 0.6) is 0 Å². The van der Waals surface area contributed by atoms with Crippen molar-refractivity contribution in [2.24, 2.45) is 0 Å². The minimum atomic E-state index is -0.792. The second-order valence-electron chi connectivity index (χ2n) is 16.7. The summed E-state index contributed by atoms with van der Waals surface area (Å²) in [6.07, 6.45) is 61.7. The fourth-order valence-electron chi connectivity index (χ4n) is 6.82. The van der Waals surface area contributed by atoms with Crippen molar-refractivity contribution in [2.75, 3.05) is 13.2 Å². The lowest BCUT2D eigenvalue weighted by molar-refractivity contribution is -0.167. The van der Waals surface area contributed by atoms with Crippen molar-refractivity contribution in [2.45, 2.75) is 245 Å². The Morgan fingerprint density at radius 2 is 0.656 bits per heavy atom. The second kappa shape index (κ2) is 49.5. The van der Waals surface area contributed by atoms with Crippen LogP contribution in [-0.4, -0.2) is 37.2 Å². The van der Waals surface area contributed by atoms with Crippen molar-refractivity contribution in [1.82, 2.24) is 0 Å². The first kappa shape index (κ1) is 57.9. The van der Waals surface area contributed by atoms with Crippen LogP contribution in [0.2, 0.25) is 0 Å². The van der Waals surface area contributed by atoms with E-state index in [1.54, 1.807) is 0 Å². The van der Waals surface area contributed by atoms with E-state index < -0.39 is 6.10 Å². The summed E-state index contributed by atoms with van der Waals surface area (Å²) < 4.78 is 16.7. The van der Waals surface area contributed by atoms with E-state index in [1.807, 2.05) is 0 Å². The van der Waals surface area contributed by atoms with Crippen LogP contribution in [0.3, 0.4) is 0 Å². The second-order valence-corrected chi connectivity index (χ2v) is 16.7. The lowest BCUT2D eigenvalue weighted by Gasteiger charge is -2.18. The number of hydrogen-bond donors (Lipinski definition) is 0. The number of carbonyl (C=O) groups excluding carboxylic acids is 3. The summed E-state index contributed by atoms with van der Waals surface area (Å²) in [6.45, 7) is 6.44. The smallest absolute Gasteiger partial charge is 0.306 e. The number of rotatable bonds is 45. The molecule has 0 saturated carbocycles. The molecular formula is C55H94O6. The van der Waals surface area contributed by atoms with Gasteiger partial charge in [0.1, 0.15) is 13.2 Å². The van der Waals surface area contributed by atoms with Crippen LogP contribution >= 0.6 is 0 Å². The molecule has 1 unspecified atom stereocenters. The fraction of sp³-hybridized carbons (Fsp3) is 0.727. The van der Waals surface area contributed by atoms with Gasteiger partial charge in [0.2, 0.25) is 0 Å². The third-order valence-electron chi connectivity index (χ3n) is 10.7. The molecule has 0 aromatic carbocycles. The molecule has 0 aromatic rings. The van der Waals surface area contributed by atoms with E-state index in [-0.39, 0.29) is 31.1 Å². The molecule has 350 valence electrons. The molecule has 6 nitrogen and oxygen atoms in total. The Balaban J connectivity index is 4.43. The van der Waals surface area contributed by atoms with E-state index in [9.17, 15) is 14.4 Å². The van der Waals surface area contributed by atoms with Crippen LogP contribution in [-0.2, 0) is 28.6 Å². The topological polar surface area (TPSA) is 78.9 Å². The minimum absolute atomic E-state index is 0.0914. The van der Waals surface area contributed by atoms with Crippen LogP contribution < -0.4 is 0 Å². The summed E-state index contributed by atoms with van der Waals surface area (Å²) in [7, 11) is 0. The van der Waals surface area contributed by atoms with Gasteiger partial charge in [0.25, 0.3) is 0 Å². The summed E-state index contributed by atoms with van der Waals surface area (Å²) in [5.41, 5.74) is 0. The highest BCUT2D eigenvalue weighted by Crippen LogP contribution is 2.13. The number of allylic oxidation sites excluding steroid dienone is 12. The Morgan fingerprint density at radius 1 is 0.344 bits per heavy atom. The first-order valence-corrected chi connectivity index (χ1v) is 25.4. The van der Waals surface area contributed by atoms with E-state index in [4.69, 9.17) is 14.2 Å². The molecule has 0 rings (SSSR count). The Labute approximate surface area is 376 Å². The highest BCUT2D eigenvalue weighted by molar-refractivity contribution is 5.71. The predicted octanol–water partition coefficient (Wildman–Crippen LogP) is 16.6. The molecule has 0 aliphatic rings. The molecule has 0 radical (unpaired) electrons. The monoisotopic (exact) mass is 851 g/mol. The van der Waals surface area contributed by atoms with Crippen molar-refractivity contribution in [3.63, 3.8) is 0 Å². The van der Waals surface area contributed by atoms with E-state index in [2.05, 4.69) is 93.7 Å². The Hall–Kier alpha value is -3.15. The van der Waals surface area contributed by atoms with Gasteiger partial charge in [-0.25, -0.2) is 0 Å². The zero-order valence-electron chi connectivity index (χ0n) is 39.9. The van der Waals surface area contributed by atoms with Gasteiger partial charge in [-0.3, -0.25) is 14.4 Å². The third-order valence-corrected chi connectivity index (χ3v) is 10.7. The van der Waals surface area contributed by atoms with Gasteiger partial charge in [-0.15, -0.1) is 0 Å². The van der Waals surface area contributed by atoms with Crippen molar-refractivity contribution in [1.29, 1.82) is 0 Å². The van der Waals surface area contributed by atoms with Gasteiger partial charge in [0.05, 0.1) is 0 Å². The average Bonchev–Trinajstić information content (AvgIpc) is 3.26. The van der Waals surface area contributed by atoms with E-state index >= 15 is 0 Å². The Morgan fingerprint density at radius 3 is 1.07 bits per heavy atom. The largest absolute Gasteiger partial charge is 0.462 e. The highest BCUT2D eigenvalue weighted by atomic mass is 16.6. The molecule has 0 bridgehead atoms. The summed E-state index contributed by atoms with van der Waals surface area (Å²) in [4.78, 5) is 37.9. The Kier molecular flexibility index (Phi) is 46.9. The normalized spacial score (nSPS) is 12.6. The van der Waals surface area contributed by atoms with Crippen LogP contribution in [0.15, 0.2) is 72.9 Å². The molecule has 6 heteroatoms. The van der Waals surface area contributed by atoms with Gasteiger partial charge in [-0.2, -0.15) is 0 Å². The molecular weight excluding hydrogens is 757 g/mol. The van der Waals surface area contributed by atoms with Crippen LogP contribution in [0, 0.1) is 0 Å². The van der Waals surface area contributed by atoms with Gasteiger partial charge < -0.3 is 14.2 Å². The maximum Gasteiger partial charge on any atom is 0.306 e. The number of unbranched alkanes of at least 4 members (excludes halogenated alkanes) is 22. The van der Waals surface area contributed by atoms with Crippen molar-refractivity contribution in [3.8, 4) is 0 Å². The van der Waals surface area contributed by atoms with E-state index in [0.717, 1.165) is 116 Å². The molecule has 1 atom stereocenters. The molecule has 0 aliphatic carbocycles. The average molecular weight is 851 g/mol. The first-order valence-electron chi connectivity index (χ1n) is 25.4. The number of esters is 3.